The van der Waals surface area contributed by atoms with Crippen molar-refractivity contribution < 1.29 is 9.72 Å². The Morgan fingerprint density at radius 2 is 1.96 bits per heavy atom. The van der Waals surface area contributed by atoms with E-state index < -0.39 is 10.8 Å². The zero-order valence-electron chi connectivity index (χ0n) is 12.5. The van der Waals surface area contributed by atoms with Gasteiger partial charge in [0, 0.05) is 27.6 Å². The number of amides is 1. The average molecular weight is 469 g/mol. The van der Waals surface area contributed by atoms with Gasteiger partial charge in [-0.25, -0.2) is 0 Å². The molecule has 0 aromatic heterocycles. The number of nitrogens with one attached hydrogen (secondary N) is 2. The SMILES string of the molecule is N#C/C(=C/Nc1ccc(I)cc1)C(=O)Nc1cc([N+](=O)[O-])ccc1Cl. The molecule has 0 saturated heterocycles. The number of non-ortho nitro benzene ring substituents is 1. The van der Waals surface area contributed by atoms with E-state index in [1.165, 1.54) is 18.3 Å². The van der Waals surface area contributed by atoms with E-state index in [4.69, 9.17) is 16.9 Å². The summed E-state index contributed by atoms with van der Waals surface area (Å²) in [6, 6.07) is 12.7. The maximum Gasteiger partial charge on any atom is 0.271 e. The summed E-state index contributed by atoms with van der Waals surface area (Å²) in [6.07, 6.45) is 1.25. The zero-order chi connectivity index (χ0) is 18.4. The Labute approximate surface area is 161 Å². The fourth-order valence-electron chi connectivity index (χ4n) is 1.76. The summed E-state index contributed by atoms with van der Waals surface area (Å²) in [6.45, 7) is 0. The Hall–Kier alpha value is -2.64. The van der Waals surface area contributed by atoms with Crippen molar-refractivity contribution in [2.45, 2.75) is 0 Å². The lowest BCUT2D eigenvalue weighted by atomic mass is 10.2. The number of rotatable bonds is 5. The van der Waals surface area contributed by atoms with Crippen LogP contribution in [0.1, 0.15) is 0 Å². The Morgan fingerprint density at radius 1 is 1.28 bits per heavy atom. The summed E-state index contributed by atoms with van der Waals surface area (Å²) in [7, 11) is 0. The molecule has 0 unspecified atom stereocenters. The van der Waals surface area contributed by atoms with Crippen molar-refractivity contribution >= 4 is 57.2 Å². The maximum absolute atomic E-state index is 12.2. The Balaban J connectivity index is 2.16. The minimum absolute atomic E-state index is 0.0521. The summed E-state index contributed by atoms with van der Waals surface area (Å²) in [4.78, 5) is 22.4. The third kappa shape index (κ3) is 5.17. The summed E-state index contributed by atoms with van der Waals surface area (Å²) >= 11 is 8.08. The molecule has 1 amide bonds. The summed E-state index contributed by atoms with van der Waals surface area (Å²) in [5.41, 5.74) is 0.325. The van der Waals surface area contributed by atoms with Crippen LogP contribution in [0.2, 0.25) is 5.02 Å². The second-order valence-electron chi connectivity index (χ2n) is 4.70. The molecular formula is C16H10ClIN4O3. The predicted octanol–water partition coefficient (Wildman–Crippen LogP) is 4.31. The molecule has 0 saturated carbocycles. The molecule has 0 fully saturated rings. The minimum Gasteiger partial charge on any atom is -0.360 e. The molecule has 25 heavy (non-hydrogen) atoms. The normalized spacial score (nSPS) is 10.7. The Bertz CT molecular complexity index is 891. The number of halogens is 2. The number of nitro benzene ring substituents is 1. The van der Waals surface area contributed by atoms with Crippen molar-refractivity contribution in [2.24, 2.45) is 0 Å². The molecule has 0 radical (unpaired) electrons. The quantitative estimate of drug-likeness (QED) is 0.223. The van der Waals surface area contributed by atoms with Crippen molar-refractivity contribution in [3.8, 4) is 6.07 Å². The van der Waals surface area contributed by atoms with Crippen molar-refractivity contribution in [3.05, 3.63) is 72.9 Å². The fourth-order valence-corrected chi connectivity index (χ4v) is 2.29. The molecule has 9 heteroatoms. The largest absolute Gasteiger partial charge is 0.360 e. The first-order chi connectivity index (χ1) is 11.9. The van der Waals surface area contributed by atoms with Gasteiger partial charge in [0.05, 0.1) is 15.6 Å². The van der Waals surface area contributed by atoms with Gasteiger partial charge in [0.2, 0.25) is 0 Å². The van der Waals surface area contributed by atoms with E-state index in [-0.39, 0.29) is 22.0 Å². The van der Waals surface area contributed by atoms with Gasteiger partial charge in [-0.3, -0.25) is 14.9 Å². The van der Waals surface area contributed by atoms with Gasteiger partial charge in [0.1, 0.15) is 11.6 Å². The minimum atomic E-state index is -0.733. The van der Waals surface area contributed by atoms with Crippen LogP contribution in [0.4, 0.5) is 17.1 Å². The molecule has 0 spiro atoms. The van der Waals surface area contributed by atoms with Crippen molar-refractivity contribution in [1.29, 1.82) is 5.26 Å². The Kier molecular flexibility index (Phi) is 6.32. The van der Waals surface area contributed by atoms with Gasteiger partial charge >= 0.3 is 0 Å². The molecule has 2 N–H and O–H groups in total. The van der Waals surface area contributed by atoms with Crippen LogP contribution in [0.3, 0.4) is 0 Å². The molecule has 0 aliphatic heterocycles. The molecule has 0 bridgehead atoms. The van der Waals surface area contributed by atoms with Gasteiger partial charge < -0.3 is 10.6 Å². The van der Waals surface area contributed by atoms with Gasteiger partial charge in [-0.15, -0.1) is 0 Å². The van der Waals surface area contributed by atoms with Gasteiger partial charge in [-0.2, -0.15) is 5.26 Å². The average Bonchev–Trinajstić information content (AvgIpc) is 2.58. The van der Waals surface area contributed by atoms with Gasteiger partial charge in [-0.05, 0) is 52.9 Å². The number of nitro groups is 1. The highest BCUT2D eigenvalue weighted by atomic mass is 127. The second kappa shape index (κ2) is 8.46. The molecular weight excluding hydrogens is 459 g/mol. The lowest BCUT2D eigenvalue weighted by Crippen LogP contribution is -2.15. The van der Waals surface area contributed by atoms with E-state index in [1.807, 2.05) is 12.1 Å². The van der Waals surface area contributed by atoms with E-state index in [9.17, 15) is 14.9 Å². The number of carbonyl (C=O) groups excluding carboxylic acids is 1. The van der Waals surface area contributed by atoms with Crippen LogP contribution in [0.15, 0.2) is 54.2 Å². The van der Waals surface area contributed by atoms with Crippen LogP contribution in [-0.2, 0) is 4.79 Å². The van der Waals surface area contributed by atoms with Crippen molar-refractivity contribution in [3.63, 3.8) is 0 Å². The first-order valence-corrected chi connectivity index (χ1v) is 8.24. The molecule has 0 atom stereocenters. The van der Waals surface area contributed by atoms with Crippen LogP contribution in [0.25, 0.3) is 0 Å². The van der Waals surface area contributed by atoms with E-state index in [0.29, 0.717) is 5.69 Å². The highest BCUT2D eigenvalue weighted by Gasteiger charge is 2.14. The topological polar surface area (TPSA) is 108 Å². The van der Waals surface area contributed by atoms with Crippen molar-refractivity contribution in [1.82, 2.24) is 0 Å². The van der Waals surface area contributed by atoms with Gasteiger partial charge in [-0.1, -0.05) is 11.6 Å². The lowest BCUT2D eigenvalue weighted by molar-refractivity contribution is -0.384. The highest BCUT2D eigenvalue weighted by Crippen LogP contribution is 2.27. The third-order valence-electron chi connectivity index (χ3n) is 3.00. The molecule has 2 rings (SSSR count). The number of anilines is 2. The summed E-state index contributed by atoms with van der Waals surface area (Å²) in [5, 5.41) is 25.3. The third-order valence-corrected chi connectivity index (χ3v) is 4.05. The van der Waals surface area contributed by atoms with Crippen LogP contribution >= 0.6 is 34.2 Å². The summed E-state index contributed by atoms with van der Waals surface area (Å²) in [5.74, 6) is -0.733. The molecule has 0 aliphatic carbocycles. The van der Waals surface area contributed by atoms with Gasteiger partial charge in [0.15, 0.2) is 0 Å². The first-order valence-electron chi connectivity index (χ1n) is 6.78. The first kappa shape index (κ1) is 18.7. The Morgan fingerprint density at radius 3 is 2.56 bits per heavy atom. The number of hydrogen-bond acceptors (Lipinski definition) is 5. The number of nitrogens with zero attached hydrogens (tertiary/aromatic N) is 2. The second-order valence-corrected chi connectivity index (χ2v) is 6.35. The molecule has 7 nitrogen and oxygen atoms in total. The number of hydrogen-bond donors (Lipinski definition) is 2. The van der Waals surface area contributed by atoms with E-state index in [1.54, 1.807) is 18.2 Å². The number of nitriles is 1. The molecule has 2 aromatic carbocycles. The number of benzene rings is 2. The van der Waals surface area contributed by atoms with Gasteiger partial charge in [0.25, 0.3) is 11.6 Å². The van der Waals surface area contributed by atoms with Crippen LogP contribution in [0, 0.1) is 25.0 Å². The van der Waals surface area contributed by atoms with Crippen LogP contribution in [-0.4, -0.2) is 10.8 Å². The van der Waals surface area contributed by atoms with E-state index >= 15 is 0 Å². The van der Waals surface area contributed by atoms with Crippen LogP contribution < -0.4 is 10.6 Å². The molecule has 2 aromatic rings. The van der Waals surface area contributed by atoms with Crippen LogP contribution in [0.5, 0.6) is 0 Å². The highest BCUT2D eigenvalue weighted by molar-refractivity contribution is 14.1. The zero-order valence-corrected chi connectivity index (χ0v) is 15.4. The van der Waals surface area contributed by atoms with E-state index in [2.05, 4.69) is 33.2 Å². The monoisotopic (exact) mass is 468 g/mol. The maximum atomic E-state index is 12.2. The fraction of sp³-hybridized carbons (Fsp3) is 0. The number of carbonyl (C=O) groups is 1. The molecule has 0 aliphatic rings. The summed E-state index contributed by atoms with van der Waals surface area (Å²) < 4.78 is 1.05. The molecule has 126 valence electrons. The standard InChI is InChI=1S/C16H10ClIN4O3/c17-14-6-5-13(22(24)25)7-15(14)21-16(23)10(8-19)9-20-12-3-1-11(18)2-4-12/h1-7,9,20H,(H,21,23)/b10-9-. The predicted molar refractivity (Wildman–Crippen MR) is 103 cm³/mol. The van der Waals surface area contributed by atoms with Crippen molar-refractivity contribution in [2.75, 3.05) is 10.6 Å². The molecule has 0 heterocycles. The lowest BCUT2D eigenvalue weighted by Gasteiger charge is -2.07. The smallest absolute Gasteiger partial charge is 0.271 e. The van der Waals surface area contributed by atoms with E-state index in [0.717, 1.165) is 9.64 Å².